The Morgan fingerprint density at radius 3 is 2.47 bits per heavy atom. The average Bonchev–Trinajstić information content (AvgIpc) is 2.43. The van der Waals surface area contributed by atoms with Crippen LogP contribution >= 0.6 is 0 Å². The molecule has 0 aliphatic heterocycles. The predicted octanol–water partition coefficient (Wildman–Crippen LogP) is -0.798. The quantitative estimate of drug-likeness (QED) is 0.432. The molecule has 1 rings (SSSR count). The number of hydrogen-bond donors (Lipinski definition) is 5. The number of hydrogen-bond acceptors (Lipinski definition) is 5. The number of benzene rings is 1. The van der Waals surface area contributed by atoms with Crippen molar-refractivity contribution in [2.75, 3.05) is 13.1 Å². The van der Waals surface area contributed by atoms with E-state index in [1.165, 1.54) is 18.2 Å². The van der Waals surface area contributed by atoms with Crippen molar-refractivity contribution in [2.45, 2.75) is 12.2 Å². The summed E-state index contributed by atoms with van der Waals surface area (Å²) in [5.74, 6) is -0.239. The van der Waals surface area contributed by atoms with E-state index < -0.39 is 18.1 Å². The maximum atomic E-state index is 11.4. The highest BCUT2D eigenvalue weighted by molar-refractivity contribution is 5.91. The monoisotopic (exact) mass is 266 g/mol. The molecule has 0 bridgehead atoms. The summed E-state index contributed by atoms with van der Waals surface area (Å²) in [6, 6.07) is 6.34. The Bertz CT molecular complexity index is 431. The fraction of sp³-hybridized carbons (Fsp3) is 0.308. The number of amides is 1. The van der Waals surface area contributed by atoms with Gasteiger partial charge in [-0.15, -0.1) is 0 Å². The Morgan fingerprint density at radius 2 is 1.89 bits per heavy atom. The predicted molar refractivity (Wildman–Crippen MR) is 71.2 cm³/mol. The maximum absolute atomic E-state index is 11.4. The topological polar surface area (TPSA) is 116 Å². The summed E-state index contributed by atoms with van der Waals surface area (Å²) in [6.45, 7) is -0.141. The summed E-state index contributed by atoms with van der Waals surface area (Å²) >= 11 is 0. The first-order valence-electron chi connectivity index (χ1n) is 5.84. The number of aliphatic hydroxyl groups is 2. The van der Waals surface area contributed by atoms with Crippen LogP contribution in [0.15, 0.2) is 30.3 Å². The summed E-state index contributed by atoms with van der Waals surface area (Å²) in [5.41, 5.74) is 5.93. The molecule has 0 saturated carbocycles. The van der Waals surface area contributed by atoms with Gasteiger partial charge in [0.25, 0.3) is 0 Å². The summed E-state index contributed by atoms with van der Waals surface area (Å²) in [7, 11) is 0. The second-order valence-electron chi connectivity index (χ2n) is 4.04. The largest absolute Gasteiger partial charge is 0.508 e. The van der Waals surface area contributed by atoms with Crippen LogP contribution in [-0.2, 0) is 4.79 Å². The first-order chi connectivity index (χ1) is 9.02. The van der Waals surface area contributed by atoms with Crippen molar-refractivity contribution in [2.24, 2.45) is 5.73 Å². The van der Waals surface area contributed by atoms with Crippen LogP contribution in [0.5, 0.6) is 5.75 Å². The third-order valence-electron chi connectivity index (χ3n) is 2.49. The van der Waals surface area contributed by atoms with Gasteiger partial charge in [0.05, 0.1) is 12.2 Å². The molecule has 19 heavy (non-hydrogen) atoms. The minimum absolute atomic E-state index is 0.0691. The van der Waals surface area contributed by atoms with Gasteiger partial charge >= 0.3 is 0 Å². The Labute approximate surface area is 111 Å². The molecule has 104 valence electrons. The van der Waals surface area contributed by atoms with Gasteiger partial charge in [0, 0.05) is 19.2 Å². The van der Waals surface area contributed by atoms with Crippen LogP contribution < -0.4 is 11.1 Å². The smallest absolute Gasteiger partial charge is 0.244 e. The number of aliphatic hydroxyl groups excluding tert-OH is 2. The molecular formula is C13H18N2O4. The van der Waals surface area contributed by atoms with Gasteiger partial charge in [-0.1, -0.05) is 12.1 Å². The molecule has 0 aliphatic rings. The first-order valence-corrected chi connectivity index (χ1v) is 5.84. The zero-order chi connectivity index (χ0) is 14.3. The second-order valence-corrected chi connectivity index (χ2v) is 4.04. The van der Waals surface area contributed by atoms with Crippen molar-refractivity contribution < 1.29 is 20.1 Å². The molecule has 6 N–H and O–H groups in total. The van der Waals surface area contributed by atoms with Crippen LogP contribution in [0.1, 0.15) is 5.56 Å². The molecule has 0 aliphatic carbocycles. The van der Waals surface area contributed by atoms with E-state index in [2.05, 4.69) is 5.32 Å². The van der Waals surface area contributed by atoms with Crippen LogP contribution in [0.3, 0.4) is 0 Å². The third kappa shape index (κ3) is 5.52. The Balaban J connectivity index is 2.41. The molecular weight excluding hydrogens is 248 g/mol. The molecule has 1 aromatic carbocycles. The van der Waals surface area contributed by atoms with E-state index in [-0.39, 0.29) is 18.8 Å². The van der Waals surface area contributed by atoms with Crippen LogP contribution in [0.4, 0.5) is 0 Å². The van der Waals surface area contributed by atoms with Crippen molar-refractivity contribution >= 4 is 12.0 Å². The number of carbonyl (C=O) groups excluding carboxylic acids is 1. The van der Waals surface area contributed by atoms with E-state index in [9.17, 15) is 15.0 Å². The standard InChI is InChI=1S/C13H18N2O4/c14-7-11(17)12(18)8-15-13(19)6-3-9-1-4-10(16)5-2-9/h1-6,11-12,16-18H,7-8,14H2,(H,15,19)/b6-3-/t11-,12-/m0/s1. The molecule has 1 aromatic rings. The molecule has 1 amide bonds. The Kier molecular flexibility index (Phi) is 6.01. The van der Waals surface area contributed by atoms with Gasteiger partial charge in [0.1, 0.15) is 5.75 Å². The molecule has 2 atom stereocenters. The summed E-state index contributed by atoms with van der Waals surface area (Å²) in [4.78, 5) is 11.4. The number of phenolic OH excluding ortho intramolecular Hbond substituents is 1. The number of rotatable bonds is 6. The van der Waals surface area contributed by atoms with Crippen molar-refractivity contribution in [3.63, 3.8) is 0 Å². The SMILES string of the molecule is NC[C@H](O)[C@@H](O)CNC(=O)/C=C\c1ccc(O)cc1. The van der Waals surface area contributed by atoms with Crippen LogP contribution in [0, 0.1) is 0 Å². The van der Waals surface area contributed by atoms with Gasteiger partial charge in [-0.05, 0) is 23.8 Å². The molecule has 6 heteroatoms. The maximum Gasteiger partial charge on any atom is 0.244 e. The fourth-order valence-corrected chi connectivity index (χ4v) is 1.31. The van der Waals surface area contributed by atoms with Gasteiger partial charge in [-0.3, -0.25) is 4.79 Å². The number of aromatic hydroxyl groups is 1. The lowest BCUT2D eigenvalue weighted by molar-refractivity contribution is -0.117. The lowest BCUT2D eigenvalue weighted by Gasteiger charge is -2.15. The Hall–Kier alpha value is -1.89. The third-order valence-corrected chi connectivity index (χ3v) is 2.49. The van der Waals surface area contributed by atoms with Gasteiger partial charge < -0.3 is 26.4 Å². The van der Waals surface area contributed by atoms with Crippen LogP contribution in [0.2, 0.25) is 0 Å². The second kappa shape index (κ2) is 7.52. The molecule has 0 heterocycles. The number of nitrogens with two attached hydrogens (primary N) is 1. The van der Waals surface area contributed by atoms with Crippen molar-refractivity contribution in [1.82, 2.24) is 5.32 Å². The van der Waals surface area contributed by atoms with E-state index in [1.54, 1.807) is 18.2 Å². The minimum atomic E-state index is -1.09. The number of nitrogens with one attached hydrogen (secondary N) is 1. The molecule has 0 spiro atoms. The van der Waals surface area contributed by atoms with Gasteiger partial charge in [0.2, 0.25) is 5.91 Å². The minimum Gasteiger partial charge on any atom is -0.508 e. The molecule has 0 fully saturated rings. The molecule has 6 nitrogen and oxygen atoms in total. The normalized spacial score (nSPS) is 14.3. The Morgan fingerprint density at radius 1 is 1.26 bits per heavy atom. The fourth-order valence-electron chi connectivity index (χ4n) is 1.31. The van der Waals surface area contributed by atoms with Crippen molar-refractivity contribution in [1.29, 1.82) is 0 Å². The van der Waals surface area contributed by atoms with Gasteiger partial charge in [-0.2, -0.15) is 0 Å². The summed E-state index contributed by atoms with van der Waals surface area (Å²) < 4.78 is 0. The number of phenols is 1. The van der Waals surface area contributed by atoms with Crippen LogP contribution in [-0.4, -0.2) is 46.5 Å². The van der Waals surface area contributed by atoms with E-state index in [1.807, 2.05) is 0 Å². The summed E-state index contributed by atoms with van der Waals surface area (Å²) in [5, 5.41) is 30.1. The summed E-state index contributed by atoms with van der Waals surface area (Å²) in [6.07, 6.45) is 0.728. The zero-order valence-corrected chi connectivity index (χ0v) is 10.4. The molecule has 0 saturated heterocycles. The van der Waals surface area contributed by atoms with Gasteiger partial charge in [0.15, 0.2) is 0 Å². The lowest BCUT2D eigenvalue weighted by atomic mass is 10.2. The van der Waals surface area contributed by atoms with Crippen molar-refractivity contribution in [3.05, 3.63) is 35.9 Å². The van der Waals surface area contributed by atoms with Crippen LogP contribution in [0.25, 0.3) is 6.08 Å². The van der Waals surface area contributed by atoms with Gasteiger partial charge in [-0.25, -0.2) is 0 Å². The molecule has 0 radical (unpaired) electrons. The van der Waals surface area contributed by atoms with E-state index in [0.29, 0.717) is 0 Å². The van der Waals surface area contributed by atoms with E-state index in [4.69, 9.17) is 10.8 Å². The van der Waals surface area contributed by atoms with Crippen molar-refractivity contribution in [3.8, 4) is 5.75 Å². The van der Waals surface area contributed by atoms with E-state index in [0.717, 1.165) is 5.56 Å². The average molecular weight is 266 g/mol. The highest BCUT2D eigenvalue weighted by atomic mass is 16.3. The first kappa shape index (κ1) is 15.2. The highest BCUT2D eigenvalue weighted by Crippen LogP contribution is 2.10. The highest BCUT2D eigenvalue weighted by Gasteiger charge is 2.14. The lowest BCUT2D eigenvalue weighted by Crippen LogP contribution is -2.41. The molecule has 0 unspecified atom stereocenters. The van der Waals surface area contributed by atoms with E-state index >= 15 is 0 Å². The zero-order valence-electron chi connectivity index (χ0n) is 10.4. The number of carbonyl (C=O) groups is 1. The molecule has 0 aromatic heterocycles.